The molecule has 0 saturated carbocycles. The van der Waals surface area contributed by atoms with Gasteiger partial charge in [0.25, 0.3) is 0 Å². The number of nitrogens with zero attached hydrogens (tertiary/aromatic N) is 3. The number of carbonyl (C=O) groups is 1. The predicted octanol–water partition coefficient (Wildman–Crippen LogP) is 2.27. The van der Waals surface area contributed by atoms with E-state index in [1.54, 1.807) is 17.4 Å². The van der Waals surface area contributed by atoms with E-state index in [2.05, 4.69) is 22.5 Å². The van der Waals surface area contributed by atoms with Crippen molar-refractivity contribution in [3.05, 3.63) is 30.9 Å². The van der Waals surface area contributed by atoms with E-state index >= 15 is 0 Å². The van der Waals surface area contributed by atoms with E-state index in [1.807, 2.05) is 17.8 Å². The Morgan fingerprint density at radius 1 is 1.50 bits per heavy atom. The number of hydrogen-bond donors (Lipinski definition) is 1. The van der Waals surface area contributed by atoms with E-state index in [0.717, 1.165) is 38.9 Å². The molecule has 1 N–H and O–H groups in total. The summed E-state index contributed by atoms with van der Waals surface area (Å²) in [6, 6.07) is 0.0326. The topological polar surface area (TPSA) is 50.2 Å². The van der Waals surface area contributed by atoms with Crippen molar-refractivity contribution in [3.8, 4) is 0 Å². The Balaban J connectivity index is 1.60. The molecule has 1 aromatic rings. The van der Waals surface area contributed by atoms with Crippen LogP contribution in [0.5, 0.6) is 0 Å². The van der Waals surface area contributed by atoms with Crippen molar-refractivity contribution >= 4 is 6.03 Å². The molecule has 0 fully saturated rings. The average Bonchev–Trinajstić information content (AvgIpc) is 2.99. The highest BCUT2D eigenvalue weighted by Crippen LogP contribution is 2.16. The molecule has 5 heteroatoms. The normalized spacial score (nSPS) is 17.9. The third kappa shape index (κ3) is 4.72. The molecule has 5 nitrogen and oxygen atoms in total. The van der Waals surface area contributed by atoms with Gasteiger partial charge in [-0.2, -0.15) is 0 Å². The van der Waals surface area contributed by atoms with Crippen molar-refractivity contribution in [2.24, 2.45) is 5.92 Å². The summed E-state index contributed by atoms with van der Waals surface area (Å²) in [5, 5.41) is 3.03. The second-order valence-electron chi connectivity index (χ2n) is 5.41. The molecule has 0 bridgehead atoms. The Morgan fingerprint density at radius 3 is 3.10 bits per heavy atom. The van der Waals surface area contributed by atoms with Gasteiger partial charge in [0, 0.05) is 39.1 Å². The summed E-state index contributed by atoms with van der Waals surface area (Å²) in [5.41, 5.74) is 0. The molecule has 1 heterocycles. The zero-order valence-corrected chi connectivity index (χ0v) is 12.2. The molecule has 2 amide bonds. The largest absolute Gasteiger partial charge is 0.338 e. The van der Waals surface area contributed by atoms with Crippen LogP contribution in [0.1, 0.15) is 25.7 Å². The summed E-state index contributed by atoms with van der Waals surface area (Å²) < 4.78 is 2.03. The molecule has 1 atom stereocenters. The lowest BCUT2D eigenvalue weighted by atomic mass is 9.94. The number of hydrogen-bond acceptors (Lipinski definition) is 2. The zero-order valence-electron chi connectivity index (χ0n) is 12.2. The number of carbonyl (C=O) groups excluding carboxylic acids is 1. The number of aryl methyl sites for hydroxylation is 1. The monoisotopic (exact) mass is 276 g/mol. The second kappa shape index (κ2) is 7.72. The van der Waals surface area contributed by atoms with Crippen LogP contribution in [0.3, 0.4) is 0 Å². The van der Waals surface area contributed by atoms with Crippen LogP contribution < -0.4 is 5.32 Å². The summed E-state index contributed by atoms with van der Waals surface area (Å²) >= 11 is 0. The van der Waals surface area contributed by atoms with Gasteiger partial charge < -0.3 is 14.8 Å². The van der Waals surface area contributed by atoms with E-state index in [-0.39, 0.29) is 6.03 Å². The molecule has 2 rings (SSSR count). The number of allylic oxidation sites excluding steroid dienone is 2. The Bertz CT molecular complexity index is 427. The molecule has 1 aliphatic carbocycles. The number of nitrogens with one attached hydrogen (secondary N) is 1. The lowest BCUT2D eigenvalue weighted by molar-refractivity contribution is 0.205. The van der Waals surface area contributed by atoms with Crippen LogP contribution in [0.25, 0.3) is 0 Å². The van der Waals surface area contributed by atoms with Crippen molar-refractivity contribution < 1.29 is 4.79 Å². The first-order chi connectivity index (χ1) is 9.75. The lowest BCUT2D eigenvalue weighted by Gasteiger charge is -2.22. The minimum atomic E-state index is 0.0326. The third-order valence-electron chi connectivity index (χ3n) is 3.74. The first kappa shape index (κ1) is 14.6. The molecule has 0 aliphatic heterocycles. The van der Waals surface area contributed by atoms with Gasteiger partial charge in [-0.3, -0.25) is 0 Å². The fraction of sp³-hybridized carbons (Fsp3) is 0.600. The van der Waals surface area contributed by atoms with Crippen molar-refractivity contribution in [1.82, 2.24) is 19.8 Å². The third-order valence-corrected chi connectivity index (χ3v) is 3.74. The molecule has 0 radical (unpaired) electrons. The van der Waals surface area contributed by atoms with Gasteiger partial charge in [-0.15, -0.1) is 0 Å². The van der Waals surface area contributed by atoms with Gasteiger partial charge in [0.1, 0.15) is 0 Å². The molecule has 0 saturated heterocycles. The number of aromatic nitrogens is 2. The average molecular weight is 276 g/mol. The minimum Gasteiger partial charge on any atom is -0.338 e. The highest BCUT2D eigenvalue weighted by molar-refractivity contribution is 5.73. The Morgan fingerprint density at radius 2 is 2.40 bits per heavy atom. The molecule has 1 aromatic heterocycles. The van der Waals surface area contributed by atoms with Crippen molar-refractivity contribution in [3.63, 3.8) is 0 Å². The van der Waals surface area contributed by atoms with Crippen LogP contribution in [0, 0.1) is 5.92 Å². The number of rotatable bonds is 6. The standard InChI is InChI=1S/C15H24N4O/c1-18(9-5-10-19-11-8-16-13-19)15(20)17-12-14-6-3-2-4-7-14/h2-3,8,11,13-14H,4-7,9-10,12H2,1H3,(H,17,20). The van der Waals surface area contributed by atoms with Crippen LogP contribution in [0.15, 0.2) is 30.9 Å². The molecular formula is C15H24N4O. The van der Waals surface area contributed by atoms with Gasteiger partial charge in [0.05, 0.1) is 6.33 Å². The van der Waals surface area contributed by atoms with E-state index < -0.39 is 0 Å². The highest BCUT2D eigenvalue weighted by Gasteiger charge is 2.13. The van der Waals surface area contributed by atoms with Crippen LogP contribution in [-0.2, 0) is 6.54 Å². The van der Waals surface area contributed by atoms with Crippen LogP contribution in [0.4, 0.5) is 4.79 Å². The lowest BCUT2D eigenvalue weighted by Crippen LogP contribution is -2.40. The second-order valence-corrected chi connectivity index (χ2v) is 5.41. The number of amides is 2. The zero-order chi connectivity index (χ0) is 14.2. The summed E-state index contributed by atoms with van der Waals surface area (Å²) in [5.74, 6) is 0.600. The Labute approximate surface area is 120 Å². The first-order valence-corrected chi connectivity index (χ1v) is 7.35. The van der Waals surface area contributed by atoms with Crippen LogP contribution >= 0.6 is 0 Å². The van der Waals surface area contributed by atoms with Gasteiger partial charge in [0.15, 0.2) is 0 Å². The van der Waals surface area contributed by atoms with E-state index in [0.29, 0.717) is 5.92 Å². The molecular weight excluding hydrogens is 252 g/mol. The maximum absolute atomic E-state index is 12.0. The number of urea groups is 1. The quantitative estimate of drug-likeness (QED) is 0.810. The molecule has 0 aromatic carbocycles. The summed E-state index contributed by atoms with van der Waals surface area (Å²) in [4.78, 5) is 17.7. The van der Waals surface area contributed by atoms with Crippen LogP contribution in [-0.4, -0.2) is 40.6 Å². The predicted molar refractivity (Wildman–Crippen MR) is 79.4 cm³/mol. The summed E-state index contributed by atoms with van der Waals surface area (Å²) in [6.07, 6.45) is 14.3. The molecule has 1 aliphatic rings. The Kier molecular flexibility index (Phi) is 5.65. The van der Waals surface area contributed by atoms with E-state index in [4.69, 9.17) is 0 Å². The minimum absolute atomic E-state index is 0.0326. The maximum atomic E-state index is 12.0. The molecule has 1 unspecified atom stereocenters. The van der Waals surface area contributed by atoms with E-state index in [1.165, 1.54) is 6.42 Å². The Hall–Kier alpha value is -1.78. The van der Waals surface area contributed by atoms with Gasteiger partial charge in [-0.05, 0) is 31.6 Å². The first-order valence-electron chi connectivity index (χ1n) is 7.35. The van der Waals surface area contributed by atoms with Gasteiger partial charge in [0.2, 0.25) is 0 Å². The molecule has 110 valence electrons. The fourth-order valence-corrected chi connectivity index (χ4v) is 2.42. The van der Waals surface area contributed by atoms with Gasteiger partial charge in [-0.1, -0.05) is 12.2 Å². The van der Waals surface area contributed by atoms with Crippen molar-refractivity contribution in [1.29, 1.82) is 0 Å². The summed E-state index contributed by atoms with van der Waals surface area (Å²) in [7, 11) is 1.85. The summed E-state index contributed by atoms with van der Waals surface area (Å²) in [6.45, 7) is 2.44. The van der Waals surface area contributed by atoms with Crippen molar-refractivity contribution in [2.45, 2.75) is 32.2 Å². The smallest absolute Gasteiger partial charge is 0.317 e. The fourth-order valence-electron chi connectivity index (χ4n) is 2.42. The van der Waals surface area contributed by atoms with Gasteiger partial charge in [-0.25, -0.2) is 9.78 Å². The van der Waals surface area contributed by atoms with Crippen LogP contribution in [0.2, 0.25) is 0 Å². The van der Waals surface area contributed by atoms with E-state index in [9.17, 15) is 4.79 Å². The molecule has 0 spiro atoms. The highest BCUT2D eigenvalue weighted by atomic mass is 16.2. The SMILES string of the molecule is CN(CCCn1ccnc1)C(=O)NCC1CC=CCC1. The van der Waals surface area contributed by atoms with Gasteiger partial charge >= 0.3 is 6.03 Å². The number of imidazole rings is 1. The maximum Gasteiger partial charge on any atom is 0.317 e. The molecule has 20 heavy (non-hydrogen) atoms. The van der Waals surface area contributed by atoms with Crippen molar-refractivity contribution in [2.75, 3.05) is 20.1 Å².